The van der Waals surface area contributed by atoms with Gasteiger partial charge in [-0.25, -0.2) is 13.2 Å². The number of rotatable bonds is 3. The van der Waals surface area contributed by atoms with E-state index >= 15 is 0 Å². The van der Waals surface area contributed by atoms with Crippen LogP contribution >= 0.6 is 0 Å². The minimum atomic E-state index is -1.07. The summed E-state index contributed by atoms with van der Waals surface area (Å²) < 4.78 is 40.3. The van der Waals surface area contributed by atoms with Gasteiger partial charge in [0.15, 0.2) is 11.6 Å². The standard InChI is InChI=1S/C21H20F3N3O2/c22-16-6-5-14(11-18(16)24)20(28)27-12-15(13-27)21(29)26-9-7-25(8-10-26)19-4-2-1-3-17(19)23/h1-6,11,15H,7-10,12-13H2. The molecule has 0 aromatic heterocycles. The van der Waals surface area contributed by atoms with Crippen LogP contribution in [0.2, 0.25) is 0 Å². The Hall–Kier alpha value is -3.03. The Morgan fingerprint density at radius 1 is 0.793 bits per heavy atom. The van der Waals surface area contributed by atoms with Crippen LogP contribution in [0.5, 0.6) is 0 Å². The number of anilines is 1. The van der Waals surface area contributed by atoms with Crippen LogP contribution in [0.15, 0.2) is 42.5 Å². The van der Waals surface area contributed by atoms with E-state index < -0.39 is 17.5 Å². The van der Waals surface area contributed by atoms with Gasteiger partial charge in [-0.05, 0) is 30.3 Å². The van der Waals surface area contributed by atoms with E-state index in [0.717, 1.165) is 12.1 Å². The van der Waals surface area contributed by atoms with Gasteiger partial charge < -0.3 is 14.7 Å². The maximum Gasteiger partial charge on any atom is 0.254 e. The summed E-state index contributed by atoms with van der Waals surface area (Å²) in [4.78, 5) is 30.1. The molecule has 0 saturated carbocycles. The van der Waals surface area contributed by atoms with Gasteiger partial charge in [-0.2, -0.15) is 0 Å². The normalized spacial score (nSPS) is 17.3. The van der Waals surface area contributed by atoms with Crippen molar-refractivity contribution in [3.05, 3.63) is 65.5 Å². The average molecular weight is 403 g/mol. The molecular weight excluding hydrogens is 383 g/mol. The van der Waals surface area contributed by atoms with E-state index in [1.807, 2.05) is 4.90 Å². The van der Waals surface area contributed by atoms with Crippen molar-refractivity contribution in [2.45, 2.75) is 0 Å². The predicted octanol–water partition coefficient (Wildman–Crippen LogP) is 2.52. The third-order valence-electron chi connectivity index (χ3n) is 5.47. The SMILES string of the molecule is O=C(c1ccc(F)c(F)c1)N1CC(C(=O)N2CCN(c3ccccc3F)CC2)C1. The van der Waals surface area contributed by atoms with Crippen molar-refractivity contribution in [1.29, 1.82) is 0 Å². The molecule has 5 nitrogen and oxygen atoms in total. The number of hydrogen-bond acceptors (Lipinski definition) is 3. The Morgan fingerprint density at radius 2 is 1.48 bits per heavy atom. The van der Waals surface area contributed by atoms with E-state index in [-0.39, 0.29) is 36.3 Å². The monoisotopic (exact) mass is 403 g/mol. The first-order chi connectivity index (χ1) is 13.9. The highest BCUT2D eigenvalue weighted by molar-refractivity contribution is 5.96. The summed E-state index contributed by atoms with van der Waals surface area (Å²) in [6.07, 6.45) is 0. The van der Waals surface area contributed by atoms with Crippen LogP contribution in [0.3, 0.4) is 0 Å². The fourth-order valence-corrected chi connectivity index (χ4v) is 3.75. The second-order valence-electron chi connectivity index (χ2n) is 7.30. The number of nitrogens with zero attached hydrogens (tertiary/aromatic N) is 3. The van der Waals surface area contributed by atoms with Gasteiger partial charge in [0.1, 0.15) is 5.82 Å². The van der Waals surface area contributed by atoms with Crippen molar-refractivity contribution >= 4 is 17.5 Å². The van der Waals surface area contributed by atoms with Crippen molar-refractivity contribution in [2.24, 2.45) is 5.92 Å². The van der Waals surface area contributed by atoms with Crippen LogP contribution in [0.4, 0.5) is 18.9 Å². The third kappa shape index (κ3) is 3.79. The lowest BCUT2D eigenvalue weighted by Crippen LogP contribution is -2.59. The zero-order valence-electron chi connectivity index (χ0n) is 15.7. The molecule has 4 rings (SSSR count). The number of carbonyl (C=O) groups is 2. The lowest BCUT2D eigenvalue weighted by atomic mass is 9.96. The van der Waals surface area contributed by atoms with Crippen molar-refractivity contribution in [3.63, 3.8) is 0 Å². The molecule has 0 aliphatic carbocycles. The quantitative estimate of drug-likeness (QED) is 0.791. The van der Waals surface area contributed by atoms with Crippen molar-refractivity contribution < 1.29 is 22.8 Å². The smallest absolute Gasteiger partial charge is 0.254 e. The zero-order chi connectivity index (χ0) is 20.5. The van der Waals surface area contributed by atoms with Gasteiger partial charge in [0, 0.05) is 44.8 Å². The fraction of sp³-hybridized carbons (Fsp3) is 0.333. The van der Waals surface area contributed by atoms with Gasteiger partial charge in [0.05, 0.1) is 11.6 Å². The van der Waals surface area contributed by atoms with E-state index in [0.29, 0.717) is 31.9 Å². The maximum absolute atomic E-state index is 13.9. The molecule has 8 heteroatoms. The third-order valence-corrected chi connectivity index (χ3v) is 5.47. The van der Waals surface area contributed by atoms with E-state index in [1.54, 1.807) is 23.1 Å². The number of likely N-dealkylation sites (tertiary alicyclic amines) is 1. The number of piperazine rings is 1. The molecule has 0 unspecified atom stereocenters. The largest absolute Gasteiger partial charge is 0.366 e. The van der Waals surface area contributed by atoms with Crippen LogP contribution < -0.4 is 4.90 Å². The summed E-state index contributed by atoms with van der Waals surface area (Å²) in [6, 6.07) is 9.58. The molecule has 2 amide bonds. The Bertz CT molecular complexity index is 939. The van der Waals surface area contributed by atoms with Crippen molar-refractivity contribution in [3.8, 4) is 0 Å². The highest BCUT2D eigenvalue weighted by Crippen LogP contribution is 2.24. The fourth-order valence-electron chi connectivity index (χ4n) is 3.75. The summed E-state index contributed by atoms with van der Waals surface area (Å²) in [5, 5.41) is 0. The number of halogens is 3. The first-order valence-electron chi connectivity index (χ1n) is 9.46. The molecule has 2 heterocycles. The Kier molecular flexibility index (Phi) is 5.17. The van der Waals surface area contributed by atoms with Crippen LogP contribution in [0, 0.1) is 23.4 Å². The minimum absolute atomic E-state index is 0.0347. The zero-order valence-corrected chi connectivity index (χ0v) is 15.7. The van der Waals surface area contributed by atoms with Crippen LogP contribution in [0.1, 0.15) is 10.4 Å². The molecule has 152 valence electrons. The molecule has 0 atom stereocenters. The van der Waals surface area contributed by atoms with Gasteiger partial charge in [-0.15, -0.1) is 0 Å². The topological polar surface area (TPSA) is 43.9 Å². The van der Waals surface area contributed by atoms with Gasteiger partial charge in [-0.3, -0.25) is 9.59 Å². The Morgan fingerprint density at radius 3 is 2.14 bits per heavy atom. The molecule has 2 aromatic carbocycles. The lowest BCUT2D eigenvalue weighted by Gasteiger charge is -2.43. The molecule has 0 spiro atoms. The summed E-state index contributed by atoms with van der Waals surface area (Å²) >= 11 is 0. The number of amides is 2. The summed E-state index contributed by atoms with van der Waals surface area (Å²) in [7, 11) is 0. The van der Waals surface area contributed by atoms with Crippen molar-refractivity contribution in [1.82, 2.24) is 9.80 Å². The first kappa shape index (κ1) is 19.3. The van der Waals surface area contributed by atoms with E-state index in [1.165, 1.54) is 17.0 Å². The van der Waals surface area contributed by atoms with Crippen LogP contribution in [0.25, 0.3) is 0 Å². The lowest BCUT2D eigenvalue weighted by molar-refractivity contribution is -0.140. The van der Waals surface area contributed by atoms with Gasteiger partial charge >= 0.3 is 0 Å². The second-order valence-corrected chi connectivity index (χ2v) is 7.30. The maximum atomic E-state index is 13.9. The molecule has 2 aliphatic rings. The highest BCUT2D eigenvalue weighted by atomic mass is 19.2. The predicted molar refractivity (Wildman–Crippen MR) is 101 cm³/mol. The second kappa shape index (κ2) is 7.77. The molecule has 0 bridgehead atoms. The van der Waals surface area contributed by atoms with Crippen LogP contribution in [-0.2, 0) is 4.79 Å². The molecule has 2 fully saturated rings. The van der Waals surface area contributed by atoms with Gasteiger partial charge in [-0.1, -0.05) is 12.1 Å². The number of para-hydroxylation sites is 1. The molecule has 0 N–H and O–H groups in total. The molecule has 2 saturated heterocycles. The van der Waals surface area contributed by atoms with E-state index in [2.05, 4.69) is 0 Å². The molecule has 0 radical (unpaired) electrons. The number of carbonyl (C=O) groups excluding carboxylic acids is 2. The number of hydrogen-bond donors (Lipinski definition) is 0. The van der Waals surface area contributed by atoms with Gasteiger partial charge in [0.25, 0.3) is 5.91 Å². The summed E-state index contributed by atoms with van der Waals surface area (Å²) in [5.41, 5.74) is 0.597. The van der Waals surface area contributed by atoms with Crippen molar-refractivity contribution in [2.75, 3.05) is 44.2 Å². The molecule has 29 heavy (non-hydrogen) atoms. The summed E-state index contributed by atoms with van der Waals surface area (Å²) in [6.45, 7) is 2.56. The molecule has 2 aliphatic heterocycles. The highest BCUT2D eigenvalue weighted by Gasteiger charge is 2.39. The van der Waals surface area contributed by atoms with Crippen LogP contribution in [-0.4, -0.2) is 60.9 Å². The molecular formula is C21H20F3N3O2. The van der Waals surface area contributed by atoms with E-state index in [9.17, 15) is 22.8 Å². The number of benzene rings is 2. The minimum Gasteiger partial charge on any atom is -0.366 e. The molecule has 2 aromatic rings. The first-order valence-corrected chi connectivity index (χ1v) is 9.46. The van der Waals surface area contributed by atoms with Gasteiger partial charge in [0.2, 0.25) is 5.91 Å². The Balaban J connectivity index is 1.29. The summed E-state index contributed by atoms with van der Waals surface area (Å²) in [5.74, 6) is -3.11. The van der Waals surface area contributed by atoms with E-state index in [4.69, 9.17) is 0 Å². The average Bonchev–Trinajstić information content (AvgIpc) is 2.69. The Labute approximate surface area is 166 Å².